The molecule has 116 valence electrons. The summed E-state index contributed by atoms with van der Waals surface area (Å²) in [6.45, 7) is 7.43. The van der Waals surface area contributed by atoms with Gasteiger partial charge in [0.1, 0.15) is 0 Å². The highest BCUT2D eigenvalue weighted by molar-refractivity contribution is 9.10. The number of nitrogens with zero attached hydrogens (tertiary/aromatic N) is 3. The Balaban J connectivity index is 2.15. The molecule has 2 heterocycles. The van der Waals surface area contributed by atoms with E-state index in [1.165, 1.54) is 5.56 Å². The van der Waals surface area contributed by atoms with Crippen LogP contribution in [-0.2, 0) is 13.0 Å². The van der Waals surface area contributed by atoms with Crippen molar-refractivity contribution in [3.05, 3.63) is 39.1 Å². The molecule has 2 aromatic rings. The van der Waals surface area contributed by atoms with E-state index in [2.05, 4.69) is 51.8 Å². The molecule has 0 amide bonds. The fourth-order valence-electron chi connectivity index (χ4n) is 3.15. The molecular weight excluding hydrogens is 346 g/mol. The van der Waals surface area contributed by atoms with Gasteiger partial charge in [0.15, 0.2) is 5.69 Å². The Morgan fingerprint density at radius 2 is 2.09 bits per heavy atom. The lowest BCUT2D eigenvalue weighted by Crippen LogP contribution is -2.16. The van der Waals surface area contributed by atoms with Gasteiger partial charge in [0.2, 0.25) is 5.95 Å². The summed E-state index contributed by atoms with van der Waals surface area (Å²) in [5.41, 5.74) is 4.37. The molecule has 0 atom stereocenters. The summed E-state index contributed by atoms with van der Waals surface area (Å²) in [6, 6.07) is 4.21. The molecule has 3 rings (SSSR count). The van der Waals surface area contributed by atoms with Gasteiger partial charge in [-0.3, -0.25) is 0 Å². The van der Waals surface area contributed by atoms with Crippen molar-refractivity contribution in [2.45, 2.75) is 33.7 Å². The quantitative estimate of drug-likeness (QED) is 0.903. The van der Waals surface area contributed by atoms with Crippen LogP contribution in [0.3, 0.4) is 0 Å². The molecule has 0 saturated heterocycles. The Labute approximate surface area is 137 Å². The van der Waals surface area contributed by atoms with E-state index < -0.39 is 5.97 Å². The molecule has 1 N–H and O–H groups in total. The number of imidazole rings is 1. The van der Waals surface area contributed by atoms with E-state index in [4.69, 9.17) is 0 Å². The van der Waals surface area contributed by atoms with Gasteiger partial charge < -0.3 is 14.6 Å². The second-order valence-electron chi connectivity index (χ2n) is 5.58. The Kier molecular flexibility index (Phi) is 3.72. The van der Waals surface area contributed by atoms with Crippen LogP contribution < -0.4 is 4.90 Å². The number of benzene rings is 1. The molecule has 1 aromatic carbocycles. The fraction of sp³-hybridized carbons (Fsp3) is 0.375. The van der Waals surface area contributed by atoms with Crippen molar-refractivity contribution < 1.29 is 9.90 Å². The van der Waals surface area contributed by atoms with Gasteiger partial charge in [-0.25, -0.2) is 9.78 Å². The molecule has 0 spiro atoms. The maximum Gasteiger partial charge on any atom is 0.354 e. The number of carbonyl (C=O) groups is 1. The number of halogens is 1. The smallest absolute Gasteiger partial charge is 0.354 e. The first-order valence-electron chi connectivity index (χ1n) is 7.31. The average Bonchev–Trinajstić information content (AvgIpc) is 2.96. The molecule has 0 fully saturated rings. The van der Waals surface area contributed by atoms with Crippen LogP contribution in [0.5, 0.6) is 0 Å². The van der Waals surface area contributed by atoms with Gasteiger partial charge in [-0.05, 0) is 53.4 Å². The lowest BCUT2D eigenvalue weighted by molar-refractivity contribution is 0.0684. The van der Waals surface area contributed by atoms with E-state index in [1.807, 2.05) is 11.5 Å². The highest BCUT2D eigenvalue weighted by Crippen LogP contribution is 2.39. The van der Waals surface area contributed by atoms with E-state index in [0.29, 0.717) is 24.4 Å². The lowest BCUT2D eigenvalue weighted by atomic mass is 10.1. The van der Waals surface area contributed by atoms with Gasteiger partial charge in [-0.2, -0.15) is 0 Å². The second-order valence-corrected chi connectivity index (χ2v) is 6.44. The van der Waals surface area contributed by atoms with Crippen molar-refractivity contribution in [1.82, 2.24) is 9.55 Å². The number of rotatable bonds is 3. The average molecular weight is 364 g/mol. The maximum atomic E-state index is 11.5. The molecule has 0 bridgehead atoms. The first kappa shape index (κ1) is 15.1. The van der Waals surface area contributed by atoms with Crippen LogP contribution in [0.2, 0.25) is 0 Å². The van der Waals surface area contributed by atoms with Crippen molar-refractivity contribution in [1.29, 1.82) is 0 Å². The molecule has 0 unspecified atom stereocenters. The van der Waals surface area contributed by atoms with Gasteiger partial charge in [0.25, 0.3) is 0 Å². The third kappa shape index (κ3) is 2.22. The van der Waals surface area contributed by atoms with E-state index in [0.717, 1.165) is 28.2 Å². The molecule has 6 heteroatoms. The number of aromatic nitrogens is 2. The van der Waals surface area contributed by atoms with E-state index >= 15 is 0 Å². The van der Waals surface area contributed by atoms with Gasteiger partial charge in [0.05, 0.1) is 11.4 Å². The highest BCUT2D eigenvalue weighted by atomic mass is 79.9. The minimum absolute atomic E-state index is 0.320. The van der Waals surface area contributed by atoms with Crippen LogP contribution in [0.4, 0.5) is 11.6 Å². The summed E-state index contributed by atoms with van der Waals surface area (Å²) in [7, 11) is 0. The minimum Gasteiger partial charge on any atom is -0.477 e. The van der Waals surface area contributed by atoms with Gasteiger partial charge >= 0.3 is 5.97 Å². The maximum absolute atomic E-state index is 11.5. The Morgan fingerprint density at radius 1 is 1.36 bits per heavy atom. The normalized spacial score (nSPS) is 13.5. The van der Waals surface area contributed by atoms with Crippen molar-refractivity contribution in [3.63, 3.8) is 0 Å². The SMILES string of the molecule is CCc1nc2n(c1C(=O)O)CCN2c1c(C)cc(C)cc1Br. The predicted octanol–water partition coefficient (Wildman–Crippen LogP) is 3.67. The summed E-state index contributed by atoms with van der Waals surface area (Å²) >= 11 is 3.64. The number of hydrogen-bond donors (Lipinski definition) is 1. The molecular formula is C16H18BrN3O2. The molecule has 1 aliphatic rings. The van der Waals surface area contributed by atoms with Gasteiger partial charge in [0, 0.05) is 17.6 Å². The van der Waals surface area contributed by atoms with Crippen LogP contribution in [0.15, 0.2) is 16.6 Å². The van der Waals surface area contributed by atoms with Crippen molar-refractivity contribution in [2.75, 3.05) is 11.4 Å². The summed E-state index contributed by atoms with van der Waals surface area (Å²) in [5.74, 6) is -0.181. The molecule has 1 aliphatic heterocycles. The number of fused-ring (bicyclic) bond motifs is 1. The third-order valence-corrected chi connectivity index (χ3v) is 4.62. The Morgan fingerprint density at radius 3 is 2.68 bits per heavy atom. The van der Waals surface area contributed by atoms with Gasteiger partial charge in [-0.1, -0.05) is 13.0 Å². The molecule has 0 saturated carbocycles. The first-order valence-corrected chi connectivity index (χ1v) is 8.10. The molecule has 0 radical (unpaired) electrons. The third-order valence-electron chi connectivity index (χ3n) is 4.01. The topological polar surface area (TPSA) is 58.4 Å². The lowest BCUT2D eigenvalue weighted by Gasteiger charge is -2.21. The molecule has 5 nitrogen and oxygen atoms in total. The molecule has 0 aliphatic carbocycles. The van der Waals surface area contributed by atoms with Crippen molar-refractivity contribution in [2.24, 2.45) is 0 Å². The number of aromatic carboxylic acids is 1. The zero-order valence-electron chi connectivity index (χ0n) is 12.9. The summed E-state index contributed by atoms with van der Waals surface area (Å²) in [6.07, 6.45) is 0.615. The number of aryl methyl sites for hydroxylation is 3. The summed E-state index contributed by atoms with van der Waals surface area (Å²) in [5, 5.41) is 9.46. The number of carboxylic acids is 1. The van der Waals surface area contributed by atoms with Crippen LogP contribution in [0, 0.1) is 13.8 Å². The predicted molar refractivity (Wildman–Crippen MR) is 89.2 cm³/mol. The zero-order valence-corrected chi connectivity index (χ0v) is 14.4. The Bertz CT molecular complexity index is 744. The van der Waals surface area contributed by atoms with E-state index in [-0.39, 0.29) is 0 Å². The zero-order chi connectivity index (χ0) is 16.0. The van der Waals surface area contributed by atoms with Crippen LogP contribution in [0.25, 0.3) is 0 Å². The first-order chi connectivity index (χ1) is 10.4. The summed E-state index contributed by atoms with van der Waals surface area (Å²) < 4.78 is 2.82. The molecule has 22 heavy (non-hydrogen) atoms. The number of hydrogen-bond acceptors (Lipinski definition) is 3. The minimum atomic E-state index is -0.905. The van der Waals surface area contributed by atoms with E-state index in [1.54, 1.807) is 0 Å². The van der Waals surface area contributed by atoms with Crippen molar-refractivity contribution in [3.8, 4) is 0 Å². The molecule has 1 aromatic heterocycles. The van der Waals surface area contributed by atoms with E-state index in [9.17, 15) is 9.90 Å². The summed E-state index contributed by atoms with van der Waals surface area (Å²) in [4.78, 5) is 18.2. The standard InChI is InChI=1S/C16H18BrN3O2/c1-4-12-14(15(21)22)20-6-5-19(16(20)18-12)13-10(3)7-9(2)8-11(13)17/h7-8H,4-6H2,1-3H3,(H,21,22). The second kappa shape index (κ2) is 5.43. The largest absolute Gasteiger partial charge is 0.477 e. The Hall–Kier alpha value is -1.82. The number of carboxylic acid groups (broad SMARTS) is 1. The van der Waals surface area contributed by atoms with Crippen LogP contribution in [0.1, 0.15) is 34.2 Å². The highest BCUT2D eigenvalue weighted by Gasteiger charge is 2.31. The monoisotopic (exact) mass is 363 g/mol. The van der Waals surface area contributed by atoms with Crippen molar-refractivity contribution >= 4 is 33.5 Å². The van der Waals surface area contributed by atoms with Gasteiger partial charge in [-0.15, -0.1) is 0 Å². The van der Waals surface area contributed by atoms with Crippen LogP contribution in [-0.4, -0.2) is 27.2 Å². The van der Waals surface area contributed by atoms with Crippen LogP contribution >= 0.6 is 15.9 Å². The number of anilines is 2. The fourth-order valence-corrected chi connectivity index (χ4v) is 4.04.